The number of Topliss-reactive ketones (excluding diaryl/α,β-unsaturated/α-hetero) is 1. The fraction of sp³-hybridized carbons (Fsp3) is 0.333. The largest absolute Gasteiger partial charge is 0.351 e. The van der Waals surface area contributed by atoms with Crippen molar-refractivity contribution in [2.24, 2.45) is 0 Å². The second-order valence-electron chi connectivity index (χ2n) is 5.51. The first kappa shape index (κ1) is 17.6. The number of nitrogens with zero attached hydrogens (tertiary/aromatic N) is 2. The van der Waals surface area contributed by atoms with Crippen molar-refractivity contribution in [3.05, 3.63) is 47.9 Å². The fourth-order valence-corrected chi connectivity index (χ4v) is 2.18. The van der Waals surface area contributed by atoms with E-state index in [0.717, 1.165) is 24.9 Å². The summed E-state index contributed by atoms with van der Waals surface area (Å²) in [5, 5.41) is 5.93. The number of benzene rings is 1. The lowest BCUT2D eigenvalue weighted by molar-refractivity contribution is 0.0947. The Kier molecular flexibility index (Phi) is 6.42. The first-order valence-electron chi connectivity index (χ1n) is 8.08. The second kappa shape index (κ2) is 8.76. The van der Waals surface area contributed by atoms with E-state index in [1.807, 2.05) is 6.07 Å². The van der Waals surface area contributed by atoms with Crippen molar-refractivity contribution in [2.45, 2.75) is 33.1 Å². The number of nitrogens with one attached hydrogen (secondary N) is 2. The van der Waals surface area contributed by atoms with E-state index in [9.17, 15) is 9.59 Å². The Balaban J connectivity index is 2.03. The van der Waals surface area contributed by atoms with Gasteiger partial charge in [0.25, 0.3) is 5.91 Å². The number of ketones is 1. The van der Waals surface area contributed by atoms with Gasteiger partial charge in [-0.2, -0.15) is 0 Å². The Labute approximate surface area is 141 Å². The average Bonchev–Trinajstić information content (AvgIpc) is 2.59. The average molecular weight is 326 g/mol. The number of hydrogen-bond donors (Lipinski definition) is 2. The van der Waals surface area contributed by atoms with Crippen LogP contribution in [0.4, 0.5) is 11.5 Å². The molecule has 1 aromatic heterocycles. The Bertz CT molecular complexity index is 716. The molecule has 2 aromatic rings. The van der Waals surface area contributed by atoms with Gasteiger partial charge in [-0.05, 0) is 25.5 Å². The van der Waals surface area contributed by atoms with E-state index in [0.29, 0.717) is 23.6 Å². The van der Waals surface area contributed by atoms with Crippen molar-refractivity contribution in [3.63, 3.8) is 0 Å². The van der Waals surface area contributed by atoms with Gasteiger partial charge in [-0.1, -0.05) is 31.9 Å². The van der Waals surface area contributed by atoms with E-state index >= 15 is 0 Å². The first-order valence-corrected chi connectivity index (χ1v) is 8.08. The van der Waals surface area contributed by atoms with Crippen molar-refractivity contribution < 1.29 is 9.59 Å². The smallest absolute Gasteiger partial charge is 0.270 e. The van der Waals surface area contributed by atoms with Crippen LogP contribution in [0.3, 0.4) is 0 Å². The van der Waals surface area contributed by atoms with Crippen LogP contribution >= 0.6 is 0 Å². The molecule has 24 heavy (non-hydrogen) atoms. The summed E-state index contributed by atoms with van der Waals surface area (Å²) in [6.45, 7) is 4.27. The minimum atomic E-state index is -0.214. The number of carbonyl (C=O) groups is 2. The SMILES string of the molecule is CCCCCNC(=O)c1cc(Nc2cccc(C(C)=O)c2)ncn1. The monoisotopic (exact) mass is 326 g/mol. The molecule has 6 heteroatoms. The molecule has 0 spiro atoms. The van der Waals surface area contributed by atoms with E-state index in [2.05, 4.69) is 27.5 Å². The van der Waals surface area contributed by atoms with Gasteiger partial charge in [0.15, 0.2) is 5.78 Å². The summed E-state index contributed by atoms with van der Waals surface area (Å²) in [6, 6.07) is 8.72. The molecule has 2 rings (SSSR count). The van der Waals surface area contributed by atoms with Gasteiger partial charge < -0.3 is 10.6 Å². The predicted octanol–water partition coefficient (Wildman–Crippen LogP) is 3.34. The van der Waals surface area contributed by atoms with Crippen molar-refractivity contribution in [2.75, 3.05) is 11.9 Å². The number of anilines is 2. The van der Waals surface area contributed by atoms with E-state index in [1.54, 1.807) is 24.3 Å². The molecule has 0 saturated carbocycles. The Morgan fingerprint density at radius 2 is 1.96 bits per heavy atom. The normalized spacial score (nSPS) is 10.2. The zero-order valence-corrected chi connectivity index (χ0v) is 14.0. The minimum absolute atomic E-state index is 0.00603. The third kappa shape index (κ3) is 5.15. The maximum absolute atomic E-state index is 12.1. The lowest BCUT2D eigenvalue weighted by Gasteiger charge is -2.08. The molecule has 0 atom stereocenters. The van der Waals surface area contributed by atoms with Crippen LogP contribution in [0.2, 0.25) is 0 Å². The van der Waals surface area contributed by atoms with Crippen LogP contribution in [0.5, 0.6) is 0 Å². The number of amides is 1. The minimum Gasteiger partial charge on any atom is -0.351 e. The van der Waals surface area contributed by atoms with Gasteiger partial charge in [0, 0.05) is 23.9 Å². The van der Waals surface area contributed by atoms with Gasteiger partial charge in [-0.3, -0.25) is 9.59 Å². The van der Waals surface area contributed by atoms with E-state index in [-0.39, 0.29) is 11.7 Å². The molecule has 0 bridgehead atoms. The maximum atomic E-state index is 12.1. The number of aromatic nitrogens is 2. The molecule has 126 valence electrons. The molecule has 1 amide bonds. The van der Waals surface area contributed by atoms with E-state index in [1.165, 1.54) is 13.3 Å². The summed E-state index contributed by atoms with van der Waals surface area (Å²) in [7, 11) is 0. The van der Waals surface area contributed by atoms with Crippen LogP contribution in [-0.2, 0) is 0 Å². The summed E-state index contributed by atoms with van der Waals surface area (Å²) >= 11 is 0. The van der Waals surface area contributed by atoms with Gasteiger partial charge in [-0.25, -0.2) is 9.97 Å². The molecular weight excluding hydrogens is 304 g/mol. The molecular formula is C18H22N4O2. The Morgan fingerprint density at radius 1 is 1.12 bits per heavy atom. The van der Waals surface area contributed by atoms with E-state index in [4.69, 9.17) is 0 Å². The fourth-order valence-electron chi connectivity index (χ4n) is 2.18. The highest BCUT2D eigenvalue weighted by Crippen LogP contribution is 2.16. The molecule has 2 N–H and O–H groups in total. The summed E-state index contributed by atoms with van der Waals surface area (Å²) in [4.78, 5) is 31.6. The molecule has 0 aliphatic rings. The molecule has 0 aliphatic carbocycles. The van der Waals surface area contributed by atoms with Crippen LogP contribution in [0.15, 0.2) is 36.7 Å². The highest BCUT2D eigenvalue weighted by Gasteiger charge is 2.08. The molecule has 0 saturated heterocycles. The van der Waals surface area contributed by atoms with Gasteiger partial charge in [-0.15, -0.1) is 0 Å². The zero-order chi connectivity index (χ0) is 17.4. The molecule has 0 unspecified atom stereocenters. The van der Waals surface area contributed by atoms with Crippen LogP contribution < -0.4 is 10.6 Å². The number of unbranched alkanes of at least 4 members (excludes halogenated alkanes) is 2. The third-order valence-electron chi connectivity index (χ3n) is 3.51. The molecule has 0 fully saturated rings. The topological polar surface area (TPSA) is 84.0 Å². The van der Waals surface area contributed by atoms with Crippen molar-refractivity contribution in [3.8, 4) is 0 Å². The Hall–Kier alpha value is -2.76. The van der Waals surface area contributed by atoms with Gasteiger partial charge >= 0.3 is 0 Å². The highest BCUT2D eigenvalue weighted by atomic mass is 16.1. The number of hydrogen-bond acceptors (Lipinski definition) is 5. The highest BCUT2D eigenvalue weighted by molar-refractivity contribution is 5.95. The summed E-state index contributed by atoms with van der Waals surface area (Å²) in [5.74, 6) is 0.284. The summed E-state index contributed by atoms with van der Waals surface area (Å²) < 4.78 is 0. The standard InChI is InChI=1S/C18H22N4O2/c1-3-4-5-9-19-18(24)16-11-17(21-12-20-16)22-15-8-6-7-14(10-15)13(2)23/h6-8,10-12H,3-5,9H2,1-2H3,(H,19,24)(H,20,21,22). The van der Waals surface area contributed by atoms with Gasteiger partial charge in [0.2, 0.25) is 0 Å². The van der Waals surface area contributed by atoms with Crippen molar-refractivity contribution in [1.82, 2.24) is 15.3 Å². The van der Waals surface area contributed by atoms with Crippen LogP contribution in [0.1, 0.15) is 54.0 Å². The van der Waals surface area contributed by atoms with Crippen LogP contribution in [-0.4, -0.2) is 28.2 Å². The lowest BCUT2D eigenvalue weighted by Crippen LogP contribution is -2.25. The molecule has 0 radical (unpaired) electrons. The molecule has 0 aliphatic heterocycles. The summed E-state index contributed by atoms with van der Waals surface area (Å²) in [6.07, 6.45) is 4.49. The van der Waals surface area contributed by atoms with E-state index < -0.39 is 0 Å². The van der Waals surface area contributed by atoms with Crippen molar-refractivity contribution in [1.29, 1.82) is 0 Å². The third-order valence-corrected chi connectivity index (χ3v) is 3.51. The van der Waals surface area contributed by atoms with Crippen LogP contribution in [0.25, 0.3) is 0 Å². The molecule has 1 aromatic carbocycles. The quantitative estimate of drug-likeness (QED) is 0.574. The Morgan fingerprint density at radius 3 is 2.71 bits per heavy atom. The van der Waals surface area contributed by atoms with Gasteiger partial charge in [0.05, 0.1) is 0 Å². The van der Waals surface area contributed by atoms with Crippen LogP contribution in [0, 0.1) is 0 Å². The lowest BCUT2D eigenvalue weighted by atomic mass is 10.1. The van der Waals surface area contributed by atoms with Crippen molar-refractivity contribution >= 4 is 23.2 Å². The number of rotatable bonds is 8. The second-order valence-corrected chi connectivity index (χ2v) is 5.51. The predicted molar refractivity (Wildman–Crippen MR) is 93.6 cm³/mol. The summed E-state index contributed by atoms with van der Waals surface area (Å²) in [5.41, 5.74) is 1.66. The first-order chi connectivity index (χ1) is 11.6. The zero-order valence-electron chi connectivity index (χ0n) is 14.0. The number of carbonyl (C=O) groups excluding carboxylic acids is 2. The van der Waals surface area contributed by atoms with Gasteiger partial charge in [0.1, 0.15) is 17.8 Å². The maximum Gasteiger partial charge on any atom is 0.270 e. The molecule has 6 nitrogen and oxygen atoms in total. The molecule has 1 heterocycles.